The number of amides is 5. The Hall–Kier alpha value is -5.04. The van der Waals surface area contributed by atoms with E-state index in [-0.39, 0.29) is 74.5 Å². The van der Waals surface area contributed by atoms with E-state index >= 15 is 0 Å². The summed E-state index contributed by atoms with van der Waals surface area (Å²) in [5.41, 5.74) is 0.767. The zero-order valence-electron chi connectivity index (χ0n) is 29.1. The van der Waals surface area contributed by atoms with Gasteiger partial charge in [-0.05, 0) is 55.1 Å². The Morgan fingerprint density at radius 1 is 0.960 bits per heavy atom. The summed E-state index contributed by atoms with van der Waals surface area (Å²) in [6.07, 6.45) is 0.0517. The summed E-state index contributed by atoms with van der Waals surface area (Å²) in [7, 11) is 6.68. The number of piperazine rings is 1. The minimum absolute atomic E-state index is 0.0144. The normalized spacial score (nSPS) is 19.4. The molecule has 0 saturated carbocycles. The van der Waals surface area contributed by atoms with Crippen LogP contribution in [0.5, 0.6) is 5.75 Å². The standard InChI is InChI=1S/C37H45FN6O6/c1-40(2)16-15-39-36(48)31-12-14-33(45)41(3)23-35(47)44-18-17-43(34(46)20-25-9-10-26-7-5-6-8-27(26)19-25)22-29(44)24-50-32-13-11-28(38)21-30(32)37(49)42(31)4/h5-11,13,19,21,29,31H,12,14-18,20,22-24H2,1-4H3,(H,39,48)/t29-,31-/m1/s1. The fraction of sp³-hybridized carbons (Fsp3) is 0.432. The average molecular weight is 689 g/mol. The first-order valence-electron chi connectivity index (χ1n) is 16.8. The summed E-state index contributed by atoms with van der Waals surface area (Å²) in [5, 5.41) is 4.93. The molecule has 0 bridgehead atoms. The molecule has 0 radical (unpaired) electrons. The van der Waals surface area contributed by atoms with E-state index < -0.39 is 29.7 Å². The van der Waals surface area contributed by atoms with Crippen LogP contribution in [0.3, 0.4) is 0 Å². The number of hydrogen-bond acceptors (Lipinski definition) is 7. The molecule has 1 fully saturated rings. The highest BCUT2D eigenvalue weighted by Crippen LogP contribution is 2.25. The molecule has 3 aromatic carbocycles. The molecule has 5 amide bonds. The van der Waals surface area contributed by atoms with E-state index in [0.717, 1.165) is 22.4 Å². The van der Waals surface area contributed by atoms with Gasteiger partial charge in [-0.2, -0.15) is 0 Å². The second kappa shape index (κ2) is 16.1. The van der Waals surface area contributed by atoms with Crippen molar-refractivity contribution < 1.29 is 33.1 Å². The molecule has 2 aliphatic heterocycles. The van der Waals surface area contributed by atoms with Gasteiger partial charge in [0.2, 0.25) is 23.6 Å². The van der Waals surface area contributed by atoms with Gasteiger partial charge in [0.05, 0.1) is 24.6 Å². The maximum absolute atomic E-state index is 14.6. The summed E-state index contributed by atoms with van der Waals surface area (Å²) < 4.78 is 20.7. The number of likely N-dealkylation sites (N-methyl/N-ethyl adjacent to an activating group) is 3. The lowest BCUT2D eigenvalue weighted by Gasteiger charge is -2.42. The van der Waals surface area contributed by atoms with E-state index in [1.165, 1.54) is 36.0 Å². The van der Waals surface area contributed by atoms with E-state index in [9.17, 15) is 28.4 Å². The molecule has 2 heterocycles. The predicted molar refractivity (Wildman–Crippen MR) is 186 cm³/mol. The highest BCUT2D eigenvalue weighted by atomic mass is 19.1. The smallest absolute Gasteiger partial charge is 0.258 e. The molecule has 0 unspecified atom stereocenters. The van der Waals surface area contributed by atoms with Crippen LogP contribution in [0.25, 0.3) is 10.8 Å². The minimum atomic E-state index is -1.05. The summed E-state index contributed by atoms with van der Waals surface area (Å²) in [5.74, 6) is -2.51. The van der Waals surface area contributed by atoms with Gasteiger partial charge in [0.15, 0.2) is 0 Å². The van der Waals surface area contributed by atoms with Crippen LogP contribution in [-0.4, -0.2) is 140 Å². The van der Waals surface area contributed by atoms with Crippen molar-refractivity contribution in [2.45, 2.75) is 31.3 Å². The van der Waals surface area contributed by atoms with Crippen molar-refractivity contribution in [2.75, 3.05) is 74.1 Å². The SMILES string of the molecule is CN(C)CCNC(=O)[C@H]1CCC(=O)N(C)CC(=O)N2CCN(C(=O)Cc3ccc4ccccc4c3)C[C@@H]2COc2ccc(F)cc2C(=O)N1C. The number of nitrogens with one attached hydrogen (secondary N) is 1. The third-order valence-electron chi connectivity index (χ3n) is 9.31. The Kier molecular flexibility index (Phi) is 11.7. The first kappa shape index (κ1) is 36.2. The summed E-state index contributed by atoms with van der Waals surface area (Å²) >= 11 is 0. The number of ether oxygens (including phenoxy) is 1. The van der Waals surface area contributed by atoms with E-state index in [2.05, 4.69) is 5.32 Å². The Morgan fingerprint density at radius 3 is 2.48 bits per heavy atom. The molecule has 3 aromatic rings. The third-order valence-corrected chi connectivity index (χ3v) is 9.31. The van der Waals surface area contributed by atoms with Crippen LogP contribution in [0.2, 0.25) is 0 Å². The monoisotopic (exact) mass is 688 g/mol. The fourth-order valence-electron chi connectivity index (χ4n) is 6.35. The number of hydrogen-bond donors (Lipinski definition) is 1. The zero-order chi connectivity index (χ0) is 35.9. The molecule has 266 valence electrons. The second-order valence-corrected chi connectivity index (χ2v) is 13.2. The van der Waals surface area contributed by atoms with Gasteiger partial charge in [-0.1, -0.05) is 42.5 Å². The maximum atomic E-state index is 14.6. The Balaban J connectivity index is 1.39. The van der Waals surface area contributed by atoms with Crippen molar-refractivity contribution >= 4 is 40.3 Å². The number of fused-ring (bicyclic) bond motifs is 3. The van der Waals surface area contributed by atoms with Crippen LogP contribution < -0.4 is 10.1 Å². The number of nitrogens with zero attached hydrogens (tertiary/aromatic N) is 5. The second-order valence-electron chi connectivity index (χ2n) is 13.2. The predicted octanol–water partition coefficient (Wildman–Crippen LogP) is 2.01. The fourth-order valence-corrected chi connectivity index (χ4v) is 6.35. The van der Waals surface area contributed by atoms with Crippen molar-refractivity contribution in [2.24, 2.45) is 0 Å². The highest BCUT2D eigenvalue weighted by molar-refractivity contribution is 5.99. The Morgan fingerprint density at radius 2 is 1.72 bits per heavy atom. The van der Waals surface area contributed by atoms with Crippen LogP contribution in [0, 0.1) is 5.82 Å². The topological polar surface area (TPSA) is 123 Å². The quantitative estimate of drug-likeness (QED) is 0.421. The van der Waals surface area contributed by atoms with Gasteiger partial charge in [-0.15, -0.1) is 0 Å². The average Bonchev–Trinajstić information content (AvgIpc) is 3.09. The molecule has 1 N–H and O–H groups in total. The number of halogens is 1. The van der Waals surface area contributed by atoms with E-state index in [1.807, 2.05) is 61.5 Å². The number of carbonyl (C=O) groups excluding carboxylic acids is 5. The lowest BCUT2D eigenvalue weighted by molar-refractivity contribution is -0.146. The molecule has 2 atom stereocenters. The molecular weight excluding hydrogens is 643 g/mol. The Bertz CT molecular complexity index is 1750. The van der Waals surface area contributed by atoms with Gasteiger partial charge in [0, 0.05) is 53.2 Å². The molecule has 5 rings (SSSR count). The van der Waals surface area contributed by atoms with Crippen LogP contribution >= 0.6 is 0 Å². The molecule has 1 saturated heterocycles. The van der Waals surface area contributed by atoms with Crippen LogP contribution in [0.4, 0.5) is 4.39 Å². The first-order chi connectivity index (χ1) is 23.9. The van der Waals surface area contributed by atoms with E-state index in [0.29, 0.717) is 19.6 Å². The van der Waals surface area contributed by atoms with Crippen LogP contribution in [0.1, 0.15) is 28.8 Å². The minimum Gasteiger partial charge on any atom is -0.491 e. The number of rotatable bonds is 6. The Labute approximate surface area is 291 Å². The van der Waals surface area contributed by atoms with Crippen molar-refractivity contribution in [1.82, 2.24) is 29.8 Å². The molecular formula is C37H45FN6O6. The molecule has 0 aliphatic carbocycles. The molecule has 13 heteroatoms. The maximum Gasteiger partial charge on any atom is 0.258 e. The number of carbonyl (C=O) groups is 5. The summed E-state index contributed by atoms with van der Waals surface area (Å²) in [6, 6.07) is 15.7. The van der Waals surface area contributed by atoms with Crippen molar-refractivity contribution in [3.05, 3.63) is 77.6 Å². The third kappa shape index (κ3) is 8.75. The zero-order valence-corrected chi connectivity index (χ0v) is 29.1. The molecule has 0 spiro atoms. The highest BCUT2D eigenvalue weighted by Gasteiger charge is 2.36. The molecule has 12 nitrogen and oxygen atoms in total. The van der Waals surface area contributed by atoms with Crippen molar-refractivity contribution in [1.29, 1.82) is 0 Å². The van der Waals surface area contributed by atoms with Crippen molar-refractivity contribution in [3.63, 3.8) is 0 Å². The summed E-state index contributed by atoms with van der Waals surface area (Å²) in [6.45, 7) is 1.23. The van der Waals surface area contributed by atoms with Gasteiger partial charge >= 0.3 is 0 Å². The van der Waals surface area contributed by atoms with Crippen molar-refractivity contribution in [3.8, 4) is 5.75 Å². The van der Waals surface area contributed by atoms with Gasteiger partial charge in [-0.3, -0.25) is 24.0 Å². The van der Waals surface area contributed by atoms with Crippen LogP contribution in [0.15, 0.2) is 60.7 Å². The molecule has 0 aromatic heterocycles. The molecule has 2 aliphatic rings. The van der Waals surface area contributed by atoms with Gasteiger partial charge in [0.1, 0.15) is 24.2 Å². The summed E-state index contributed by atoms with van der Waals surface area (Å²) in [4.78, 5) is 75.4. The van der Waals surface area contributed by atoms with Crippen LogP contribution in [-0.2, 0) is 25.6 Å². The lowest BCUT2D eigenvalue weighted by Crippen LogP contribution is -2.60. The van der Waals surface area contributed by atoms with Gasteiger partial charge in [0.25, 0.3) is 5.91 Å². The number of benzene rings is 3. The molecule has 50 heavy (non-hydrogen) atoms. The largest absolute Gasteiger partial charge is 0.491 e. The van der Waals surface area contributed by atoms with Gasteiger partial charge in [-0.25, -0.2) is 4.39 Å². The first-order valence-corrected chi connectivity index (χ1v) is 16.8. The van der Waals surface area contributed by atoms with Gasteiger partial charge < -0.3 is 34.6 Å². The lowest BCUT2D eigenvalue weighted by atomic mass is 10.0. The van der Waals surface area contributed by atoms with E-state index in [4.69, 9.17) is 4.74 Å². The van der Waals surface area contributed by atoms with E-state index in [1.54, 1.807) is 9.80 Å².